The molecule has 4 rings (SSSR count). The van der Waals surface area contributed by atoms with Gasteiger partial charge in [-0.05, 0) is 17.7 Å². The van der Waals surface area contributed by atoms with Crippen LogP contribution < -0.4 is 5.32 Å². The minimum atomic E-state index is -0.921. The summed E-state index contributed by atoms with van der Waals surface area (Å²) in [5, 5.41) is 9.72. The standard InChI is InChI=1S/C19H21F2N5O2/c20-14-2-1-12(7-15(14)21)10-25-6-4-22-19(28)17(25)8-18(27)26-5-3-16-13(11-26)9-23-24-16/h1-2,7,9,17H,3-6,8,10-11H2,(H,22,28)(H,23,24)/t17-/m1/s1. The van der Waals surface area contributed by atoms with Crippen molar-refractivity contribution >= 4 is 11.8 Å². The van der Waals surface area contributed by atoms with Crippen molar-refractivity contribution in [1.29, 1.82) is 0 Å². The van der Waals surface area contributed by atoms with Crippen molar-refractivity contribution in [3.8, 4) is 0 Å². The van der Waals surface area contributed by atoms with E-state index in [-0.39, 0.29) is 24.8 Å². The number of aromatic amines is 1. The van der Waals surface area contributed by atoms with Gasteiger partial charge >= 0.3 is 0 Å². The van der Waals surface area contributed by atoms with Gasteiger partial charge in [-0.25, -0.2) is 8.78 Å². The third-order valence-corrected chi connectivity index (χ3v) is 5.33. The number of benzene rings is 1. The number of fused-ring (bicyclic) bond motifs is 1. The van der Waals surface area contributed by atoms with Gasteiger partial charge in [-0.2, -0.15) is 5.10 Å². The Labute approximate surface area is 160 Å². The maximum absolute atomic E-state index is 13.5. The highest BCUT2D eigenvalue weighted by molar-refractivity contribution is 5.89. The highest BCUT2D eigenvalue weighted by Crippen LogP contribution is 2.20. The molecule has 1 aromatic carbocycles. The lowest BCUT2D eigenvalue weighted by molar-refractivity contribution is -0.139. The first kappa shape index (κ1) is 18.5. The smallest absolute Gasteiger partial charge is 0.237 e. The van der Waals surface area contributed by atoms with Crippen LogP contribution in [0.25, 0.3) is 0 Å². The molecule has 0 spiro atoms. The van der Waals surface area contributed by atoms with Gasteiger partial charge in [-0.1, -0.05) is 6.07 Å². The van der Waals surface area contributed by atoms with Gasteiger partial charge in [0.1, 0.15) is 0 Å². The summed E-state index contributed by atoms with van der Waals surface area (Å²) in [6, 6.07) is 3.06. The van der Waals surface area contributed by atoms with Crippen molar-refractivity contribution in [2.24, 2.45) is 0 Å². The Morgan fingerprint density at radius 1 is 1.25 bits per heavy atom. The average molecular weight is 389 g/mol. The first-order chi connectivity index (χ1) is 13.5. The van der Waals surface area contributed by atoms with E-state index in [1.807, 2.05) is 4.90 Å². The number of carbonyl (C=O) groups excluding carboxylic acids is 2. The van der Waals surface area contributed by atoms with E-state index in [2.05, 4.69) is 15.5 Å². The molecule has 2 aromatic rings. The van der Waals surface area contributed by atoms with E-state index in [4.69, 9.17) is 0 Å². The molecule has 28 heavy (non-hydrogen) atoms. The quantitative estimate of drug-likeness (QED) is 0.816. The minimum Gasteiger partial charge on any atom is -0.353 e. The number of rotatable bonds is 4. The molecular formula is C19H21F2N5O2. The fourth-order valence-electron chi connectivity index (χ4n) is 3.78. The van der Waals surface area contributed by atoms with Crippen molar-refractivity contribution in [3.05, 3.63) is 52.9 Å². The zero-order valence-electron chi connectivity index (χ0n) is 15.3. The summed E-state index contributed by atoms with van der Waals surface area (Å²) in [7, 11) is 0. The molecule has 1 atom stereocenters. The molecule has 7 nitrogen and oxygen atoms in total. The molecule has 148 valence electrons. The van der Waals surface area contributed by atoms with Crippen molar-refractivity contribution in [2.75, 3.05) is 19.6 Å². The van der Waals surface area contributed by atoms with E-state index in [1.54, 1.807) is 11.1 Å². The number of hydrogen-bond donors (Lipinski definition) is 2. The van der Waals surface area contributed by atoms with Crippen molar-refractivity contribution in [3.63, 3.8) is 0 Å². The Morgan fingerprint density at radius 3 is 2.93 bits per heavy atom. The molecule has 9 heteroatoms. The number of piperazine rings is 1. The number of hydrogen-bond acceptors (Lipinski definition) is 4. The SMILES string of the molecule is O=C1NCCN(Cc2ccc(F)c(F)c2)[C@@H]1CC(=O)N1CCc2[nH]ncc2C1. The van der Waals surface area contributed by atoms with Crippen LogP contribution in [0.1, 0.15) is 23.2 Å². The highest BCUT2D eigenvalue weighted by Gasteiger charge is 2.34. The number of nitrogens with zero attached hydrogens (tertiary/aromatic N) is 3. The Bertz CT molecular complexity index is 900. The van der Waals surface area contributed by atoms with Crippen LogP contribution in [0.5, 0.6) is 0 Å². The van der Waals surface area contributed by atoms with Gasteiger partial charge in [0, 0.05) is 50.4 Å². The van der Waals surface area contributed by atoms with E-state index in [0.717, 1.165) is 23.4 Å². The van der Waals surface area contributed by atoms with Crippen molar-refractivity contribution < 1.29 is 18.4 Å². The molecule has 1 saturated heterocycles. The lowest BCUT2D eigenvalue weighted by Gasteiger charge is -2.36. The molecule has 1 aromatic heterocycles. The highest BCUT2D eigenvalue weighted by atomic mass is 19.2. The maximum atomic E-state index is 13.5. The van der Waals surface area contributed by atoms with Crippen LogP contribution in [0, 0.1) is 11.6 Å². The Hall–Kier alpha value is -2.81. The van der Waals surface area contributed by atoms with Gasteiger partial charge < -0.3 is 10.2 Å². The van der Waals surface area contributed by atoms with Gasteiger partial charge in [0.15, 0.2) is 11.6 Å². The third kappa shape index (κ3) is 3.75. The maximum Gasteiger partial charge on any atom is 0.237 e. The van der Waals surface area contributed by atoms with Crippen LogP contribution in [0.15, 0.2) is 24.4 Å². The number of aromatic nitrogens is 2. The lowest BCUT2D eigenvalue weighted by Crippen LogP contribution is -2.56. The van der Waals surface area contributed by atoms with Crippen LogP contribution in [0.3, 0.4) is 0 Å². The van der Waals surface area contributed by atoms with Gasteiger partial charge in [-0.3, -0.25) is 19.6 Å². The molecule has 2 aliphatic rings. The van der Waals surface area contributed by atoms with Gasteiger partial charge in [0.2, 0.25) is 11.8 Å². The first-order valence-corrected chi connectivity index (χ1v) is 9.26. The van der Waals surface area contributed by atoms with Gasteiger partial charge in [-0.15, -0.1) is 0 Å². The van der Waals surface area contributed by atoms with E-state index in [1.165, 1.54) is 6.07 Å². The van der Waals surface area contributed by atoms with E-state index in [0.29, 0.717) is 38.2 Å². The molecule has 2 amide bonds. The van der Waals surface area contributed by atoms with Crippen LogP contribution in [0.2, 0.25) is 0 Å². The normalized spacial score (nSPS) is 20.0. The van der Waals surface area contributed by atoms with Crippen LogP contribution in [-0.4, -0.2) is 57.5 Å². The average Bonchev–Trinajstić information content (AvgIpc) is 3.15. The summed E-state index contributed by atoms with van der Waals surface area (Å²) in [5.41, 5.74) is 2.60. The Morgan fingerprint density at radius 2 is 2.11 bits per heavy atom. The second kappa shape index (κ2) is 7.67. The molecule has 3 heterocycles. The van der Waals surface area contributed by atoms with E-state index >= 15 is 0 Å². The molecule has 0 aliphatic carbocycles. The summed E-state index contributed by atoms with van der Waals surface area (Å²) in [5.74, 6) is -2.15. The largest absolute Gasteiger partial charge is 0.353 e. The molecule has 0 unspecified atom stereocenters. The predicted octanol–water partition coefficient (Wildman–Crippen LogP) is 0.963. The van der Waals surface area contributed by atoms with Crippen LogP contribution in [-0.2, 0) is 29.1 Å². The first-order valence-electron chi connectivity index (χ1n) is 9.26. The molecule has 1 fully saturated rings. The zero-order chi connectivity index (χ0) is 19.7. The summed E-state index contributed by atoms with van der Waals surface area (Å²) < 4.78 is 26.7. The van der Waals surface area contributed by atoms with E-state index in [9.17, 15) is 18.4 Å². The topological polar surface area (TPSA) is 81.3 Å². The van der Waals surface area contributed by atoms with Crippen LogP contribution >= 0.6 is 0 Å². The number of H-pyrrole nitrogens is 1. The summed E-state index contributed by atoms with van der Waals surface area (Å²) in [6.07, 6.45) is 2.47. The van der Waals surface area contributed by atoms with Crippen molar-refractivity contribution in [1.82, 2.24) is 25.3 Å². The number of halogens is 2. The monoisotopic (exact) mass is 389 g/mol. The zero-order valence-corrected chi connectivity index (χ0v) is 15.3. The number of nitrogens with one attached hydrogen (secondary N) is 2. The molecule has 0 radical (unpaired) electrons. The molecular weight excluding hydrogens is 368 g/mol. The van der Waals surface area contributed by atoms with Crippen molar-refractivity contribution in [2.45, 2.75) is 32.0 Å². The van der Waals surface area contributed by atoms with Gasteiger partial charge in [0.25, 0.3) is 0 Å². The number of amides is 2. The van der Waals surface area contributed by atoms with Gasteiger partial charge in [0.05, 0.1) is 18.7 Å². The Balaban J connectivity index is 1.45. The molecule has 0 bridgehead atoms. The number of carbonyl (C=O) groups is 2. The Kier molecular flexibility index (Phi) is 5.08. The summed E-state index contributed by atoms with van der Waals surface area (Å²) in [6.45, 7) is 2.31. The summed E-state index contributed by atoms with van der Waals surface area (Å²) in [4.78, 5) is 28.8. The van der Waals surface area contributed by atoms with Crippen LogP contribution in [0.4, 0.5) is 8.78 Å². The lowest BCUT2D eigenvalue weighted by atomic mass is 10.0. The minimum absolute atomic E-state index is 0.0443. The predicted molar refractivity (Wildman–Crippen MR) is 95.9 cm³/mol. The van der Waals surface area contributed by atoms with E-state index < -0.39 is 17.7 Å². The second-order valence-electron chi connectivity index (χ2n) is 7.17. The second-order valence-corrected chi connectivity index (χ2v) is 7.17. The molecule has 0 saturated carbocycles. The summed E-state index contributed by atoms with van der Waals surface area (Å²) >= 11 is 0. The fourth-order valence-corrected chi connectivity index (χ4v) is 3.78. The fraction of sp³-hybridized carbons (Fsp3) is 0.421. The molecule has 2 N–H and O–H groups in total. The third-order valence-electron chi connectivity index (χ3n) is 5.33. The molecule has 2 aliphatic heterocycles.